The largest absolute Gasteiger partial charge is 0.370 e. The summed E-state index contributed by atoms with van der Waals surface area (Å²) < 4.78 is 0. The number of rotatable bonds is 5. The fourth-order valence-corrected chi connectivity index (χ4v) is 2.90. The minimum absolute atomic E-state index is 0.595. The zero-order valence-corrected chi connectivity index (χ0v) is 14.9. The molecule has 5 nitrogen and oxygen atoms in total. The van der Waals surface area contributed by atoms with Crippen LogP contribution in [0.1, 0.15) is 19.5 Å². The van der Waals surface area contributed by atoms with Gasteiger partial charge in [-0.1, -0.05) is 32.0 Å². The Morgan fingerprint density at radius 1 is 1.00 bits per heavy atom. The van der Waals surface area contributed by atoms with Gasteiger partial charge >= 0.3 is 0 Å². The summed E-state index contributed by atoms with van der Waals surface area (Å²) in [4.78, 5) is 14.1. The van der Waals surface area contributed by atoms with Gasteiger partial charge in [-0.25, -0.2) is 4.98 Å². The van der Waals surface area contributed by atoms with Crippen LogP contribution in [0.2, 0.25) is 0 Å². The molecule has 0 spiro atoms. The summed E-state index contributed by atoms with van der Waals surface area (Å²) in [5.74, 6) is 2.36. The summed E-state index contributed by atoms with van der Waals surface area (Å²) in [6.07, 6.45) is 0. The first-order valence-corrected chi connectivity index (χ1v) is 8.76. The van der Waals surface area contributed by atoms with Crippen molar-refractivity contribution in [3.8, 4) is 0 Å². The summed E-state index contributed by atoms with van der Waals surface area (Å²) >= 11 is 0. The average molecular weight is 325 g/mol. The van der Waals surface area contributed by atoms with Crippen LogP contribution in [0.3, 0.4) is 0 Å². The van der Waals surface area contributed by atoms with E-state index in [1.165, 1.54) is 5.69 Å². The lowest BCUT2D eigenvalue weighted by atomic mass is 10.2. The maximum absolute atomic E-state index is 4.71. The van der Waals surface area contributed by atoms with Gasteiger partial charge in [0.25, 0.3) is 0 Å². The summed E-state index contributed by atoms with van der Waals surface area (Å²) in [7, 11) is 0. The van der Waals surface area contributed by atoms with Crippen molar-refractivity contribution in [1.82, 2.24) is 9.97 Å². The zero-order chi connectivity index (χ0) is 16.9. The van der Waals surface area contributed by atoms with Gasteiger partial charge in [-0.15, -0.1) is 0 Å². The van der Waals surface area contributed by atoms with Gasteiger partial charge in [0, 0.05) is 50.2 Å². The molecule has 128 valence electrons. The van der Waals surface area contributed by atoms with Crippen molar-refractivity contribution in [3.05, 3.63) is 42.1 Å². The van der Waals surface area contributed by atoms with Crippen LogP contribution in [-0.4, -0.2) is 42.7 Å². The van der Waals surface area contributed by atoms with Crippen LogP contribution in [0.15, 0.2) is 36.4 Å². The van der Waals surface area contributed by atoms with Gasteiger partial charge in [-0.3, -0.25) is 0 Å². The second kappa shape index (κ2) is 7.51. The molecule has 0 bridgehead atoms. The van der Waals surface area contributed by atoms with E-state index in [9.17, 15) is 0 Å². The molecule has 24 heavy (non-hydrogen) atoms. The van der Waals surface area contributed by atoms with Crippen molar-refractivity contribution < 1.29 is 0 Å². The molecule has 1 fully saturated rings. The van der Waals surface area contributed by atoms with Crippen molar-refractivity contribution in [2.75, 3.05) is 47.8 Å². The van der Waals surface area contributed by atoms with Crippen LogP contribution in [0.25, 0.3) is 0 Å². The molecule has 0 amide bonds. The van der Waals surface area contributed by atoms with E-state index in [2.05, 4.69) is 64.3 Å². The van der Waals surface area contributed by atoms with E-state index in [-0.39, 0.29) is 0 Å². The van der Waals surface area contributed by atoms with E-state index in [1.54, 1.807) is 0 Å². The average Bonchev–Trinajstić information content (AvgIpc) is 2.60. The minimum Gasteiger partial charge on any atom is -0.370 e. The highest BCUT2D eigenvalue weighted by Crippen LogP contribution is 2.19. The van der Waals surface area contributed by atoms with Gasteiger partial charge in [-0.05, 0) is 25.0 Å². The van der Waals surface area contributed by atoms with Crippen LogP contribution in [0, 0.1) is 12.8 Å². The summed E-state index contributed by atoms with van der Waals surface area (Å²) in [5.41, 5.74) is 2.30. The first-order chi connectivity index (χ1) is 11.6. The Morgan fingerprint density at radius 3 is 2.33 bits per heavy atom. The molecular formula is C19H27N5. The molecule has 1 aliphatic rings. The second-order valence-electron chi connectivity index (χ2n) is 6.78. The number of hydrogen-bond donors (Lipinski definition) is 1. The quantitative estimate of drug-likeness (QED) is 0.915. The lowest BCUT2D eigenvalue weighted by molar-refractivity contribution is 0.638. The van der Waals surface area contributed by atoms with Crippen molar-refractivity contribution in [2.45, 2.75) is 20.8 Å². The molecule has 3 rings (SSSR count). The first kappa shape index (κ1) is 16.6. The lowest BCUT2D eigenvalue weighted by Crippen LogP contribution is -2.47. The minimum atomic E-state index is 0.595. The summed E-state index contributed by atoms with van der Waals surface area (Å²) in [6.45, 7) is 11.2. The highest BCUT2D eigenvalue weighted by molar-refractivity contribution is 5.49. The summed E-state index contributed by atoms with van der Waals surface area (Å²) in [6, 6.07) is 12.6. The van der Waals surface area contributed by atoms with Crippen molar-refractivity contribution in [2.24, 2.45) is 5.92 Å². The predicted octanol–water partition coefficient (Wildman–Crippen LogP) is 3.18. The zero-order valence-electron chi connectivity index (χ0n) is 14.9. The molecule has 1 saturated heterocycles. The Balaban J connectivity index is 1.65. The van der Waals surface area contributed by atoms with Crippen LogP contribution in [0.4, 0.5) is 17.5 Å². The Hall–Kier alpha value is -2.30. The molecule has 5 heteroatoms. The molecule has 0 atom stereocenters. The molecule has 1 aliphatic heterocycles. The second-order valence-corrected chi connectivity index (χ2v) is 6.78. The maximum Gasteiger partial charge on any atom is 0.227 e. The van der Waals surface area contributed by atoms with Gasteiger partial charge in [0.2, 0.25) is 5.95 Å². The number of nitrogens with one attached hydrogen (secondary N) is 1. The highest BCUT2D eigenvalue weighted by Gasteiger charge is 2.19. The molecular weight excluding hydrogens is 298 g/mol. The van der Waals surface area contributed by atoms with E-state index in [0.717, 1.165) is 50.2 Å². The Morgan fingerprint density at radius 2 is 1.67 bits per heavy atom. The van der Waals surface area contributed by atoms with Gasteiger partial charge in [0.05, 0.1) is 0 Å². The molecule has 0 saturated carbocycles. The third-order valence-corrected chi connectivity index (χ3v) is 4.22. The van der Waals surface area contributed by atoms with Gasteiger partial charge in [0.15, 0.2) is 0 Å². The number of piperazine rings is 1. The van der Waals surface area contributed by atoms with E-state index in [1.807, 2.05) is 13.0 Å². The third-order valence-electron chi connectivity index (χ3n) is 4.22. The summed E-state index contributed by atoms with van der Waals surface area (Å²) in [5, 5.41) is 3.41. The van der Waals surface area contributed by atoms with E-state index in [4.69, 9.17) is 4.98 Å². The predicted molar refractivity (Wildman–Crippen MR) is 101 cm³/mol. The van der Waals surface area contributed by atoms with Gasteiger partial charge in [-0.2, -0.15) is 4.98 Å². The molecule has 0 radical (unpaired) electrons. The molecule has 0 unspecified atom stereocenters. The number of anilines is 3. The number of benzene rings is 1. The Kier molecular flexibility index (Phi) is 5.18. The fourth-order valence-electron chi connectivity index (χ4n) is 2.90. The van der Waals surface area contributed by atoms with Crippen molar-refractivity contribution >= 4 is 17.5 Å². The fraction of sp³-hybridized carbons (Fsp3) is 0.474. The van der Waals surface area contributed by atoms with E-state index in [0.29, 0.717) is 5.92 Å². The number of aryl methyl sites for hydroxylation is 1. The molecule has 1 N–H and O–H groups in total. The Labute approximate surface area is 144 Å². The smallest absolute Gasteiger partial charge is 0.227 e. The van der Waals surface area contributed by atoms with Gasteiger partial charge < -0.3 is 15.1 Å². The third kappa shape index (κ3) is 4.16. The van der Waals surface area contributed by atoms with Crippen LogP contribution in [0.5, 0.6) is 0 Å². The molecule has 1 aromatic carbocycles. The standard InChI is InChI=1S/C19H27N5/c1-15(2)14-20-18-13-16(3)21-19(22-18)24-11-9-23(10-12-24)17-7-5-4-6-8-17/h4-8,13,15H,9-12,14H2,1-3H3,(H,20,21,22). The SMILES string of the molecule is Cc1cc(NCC(C)C)nc(N2CCN(c3ccccc3)CC2)n1. The van der Waals surface area contributed by atoms with Crippen LogP contribution < -0.4 is 15.1 Å². The number of aromatic nitrogens is 2. The Bertz CT molecular complexity index is 648. The molecule has 2 heterocycles. The topological polar surface area (TPSA) is 44.3 Å². The van der Waals surface area contributed by atoms with Crippen LogP contribution in [-0.2, 0) is 0 Å². The van der Waals surface area contributed by atoms with E-state index >= 15 is 0 Å². The van der Waals surface area contributed by atoms with Gasteiger partial charge in [0.1, 0.15) is 5.82 Å². The monoisotopic (exact) mass is 325 g/mol. The van der Waals surface area contributed by atoms with E-state index < -0.39 is 0 Å². The van der Waals surface area contributed by atoms with Crippen molar-refractivity contribution in [3.63, 3.8) is 0 Å². The molecule has 0 aliphatic carbocycles. The normalized spacial score (nSPS) is 15.0. The van der Waals surface area contributed by atoms with Crippen LogP contribution >= 0.6 is 0 Å². The highest BCUT2D eigenvalue weighted by atomic mass is 15.3. The number of para-hydroxylation sites is 1. The maximum atomic E-state index is 4.71. The first-order valence-electron chi connectivity index (χ1n) is 8.76. The number of hydrogen-bond acceptors (Lipinski definition) is 5. The molecule has 2 aromatic rings. The molecule has 1 aromatic heterocycles. The number of nitrogens with zero attached hydrogens (tertiary/aromatic N) is 4. The lowest BCUT2D eigenvalue weighted by Gasteiger charge is -2.36. The van der Waals surface area contributed by atoms with Crippen molar-refractivity contribution in [1.29, 1.82) is 0 Å².